The number of hydrogen-bond donors (Lipinski definition) is 2. The Kier molecular flexibility index (Phi) is 6.05. The zero-order valence-corrected chi connectivity index (χ0v) is 17.3. The quantitative estimate of drug-likeness (QED) is 0.807. The first kappa shape index (κ1) is 20.4. The van der Waals surface area contributed by atoms with E-state index in [2.05, 4.69) is 22.0 Å². The standard InChI is InChI=1S/C21H27N3O3S/c1-15-6-4-5-7-19(15)23-28(26,27)20-14-17(9-8-16(20)2)21(25)22-18-10-12-24(3)13-11-18/h4-9,14,18,23H,10-13H2,1-3H3,(H,22,25). The molecule has 2 N–H and O–H groups in total. The average Bonchev–Trinajstić information content (AvgIpc) is 2.65. The van der Waals surface area contributed by atoms with Crippen molar-refractivity contribution in [1.29, 1.82) is 0 Å². The number of benzene rings is 2. The van der Waals surface area contributed by atoms with Crippen molar-refractivity contribution >= 4 is 21.6 Å². The molecule has 1 amide bonds. The number of piperidine rings is 1. The summed E-state index contributed by atoms with van der Waals surface area (Å²) >= 11 is 0. The highest BCUT2D eigenvalue weighted by molar-refractivity contribution is 7.92. The fourth-order valence-corrected chi connectivity index (χ4v) is 4.74. The Balaban J connectivity index is 1.80. The molecule has 3 rings (SSSR count). The van der Waals surface area contributed by atoms with E-state index in [0.717, 1.165) is 31.5 Å². The van der Waals surface area contributed by atoms with Gasteiger partial charge in [-0.1, -0.05) is 24.3 Å². The molecule has 6 nitrogen and oxygen atoms in total. The first-order valence-corrected chi connectivity index (χ1v) is 10.9. The molecule has 1 fully saturated rings. The number of para-hydroxylation sites is 1. The molecule has 0 atom stereocenters. The lowest BCUT2D eigenvalue weighted by Gasteiger charge is -2.29. The summed E-state index contributed by atoms with van der Waals surface area (Å²) in [4.78, 5) is 15.0. The molecular weight excluding hydrogens is 374 g/mol. The number of nitrogens with one attached hydrogen (secondary N) is 2. The van der Waals surface area contributed by atoms with Gasteiger partial charge in [-0.2, -0.15) is 0 Å². The molecule has 0 saturated carbocycles. The van der Waals surface area contributed by atoms with Crippen LogP contribution < -0.4 is 10.0 Å². The molecule has 0 aliphatic carbocycles. The highest BCUT2D eigenvalue weighted by atomic mass is 32.2. The summed E-state index contributed by atoms with van der Waals surface area (Å²) in [5.74, 6) is -0.234. The van der Waals surface area contributed by atoms with E-state index in [4.69, 9.17) is 0 Å². The molecule has 1 aliphatic rings. The normalized spacial score (nSPS) is 16.0. The minimum absolute atomic E-state index is 0.117. The smallest absolute Gasteiger partial charge is 0.262 e. The largest absolute Gasteiger partial charge is 0.349 e. The van der Waals surface area contributed by atoms with Crippen LogP contribution in [-0.2, 0) is 10.0 Å². The van der Waals surface area contributed by atoms with Crippen LogP contribution in [0.2, 0.25) is 0 Å². The summed E-state index contributed by atoms with van der Waals surface area (Å²) in [6, 6.07) is 12.1. The number of amides is 1. The van der Waals surface area contributed by atoms with E-state index >= 15 is 0 Å². The van der Waals surface area contributed by atoms with Gasteiger partial charge in [0.1, 0.15) is 0 Å². The molecular formula is C21H27N3O3S. The zero-order valence-electron chi connectivity index (χ0n) is 16.5. The highest BCUT2D eigenvalue weighted by Crippen LogP contribution is 2.23. The zero-order chi connectivity index (χ0) is 20.3. The van der Waals surface area contributed by atoms with Crippen LogP contribution in [0.3, 0.4) is 0 Å². The number of aryl methyl sites for hydroxylation is 2. The predicted octanol–water partition coefficient (Wildman–Crippen LogP) is 2.93. The van der Waals surface area contributed by atoms with Crippen molar-refractivity contribution in [2.24, 2.45) is 0 Å². The number of likely N-dealkylation sites (tertiary alicyclic amines) is 1. The highest BCUT2D eigenvalue weighted by Gasteiger charge is 2.22. The van der Waals surface area contributed by atoms with Gasteiger partial charge in [0.2, 0.25) is 0 Å². The van der Waals surface area contributed by atoms with Gasteiger partial charge >= 0.3 is 0 Å². The molecule has 0 unspecified atom stereocenters. The molecule has 150 valence electrons. The fraction of sp³-hybridized carbons (Fsp3) is 0.381. The second-order valence-corrected chi connectivity index (χ2v) is 9.10. The molecule has 2 aromatic carbocycles. The first-order valence-electron chi connectivity index (χ1n) is 9.45. The first-order chi connectivity index (χ1) is 13.3. The van der Waals surface area contributed by atoms with Crippen LogP contribution in [0.1, 0.15) is 34.3 Å². The third kappa shape index (κ3) is 4.72. The fourth-order valence-electron chi connectivity index (χ4n) is 3.34. The maximum Gasteiger partial charge on any atom is 0.262 e. The lowest BCUT2D eigenvalue weighted by molar-refractivity contribution is 0.0916. The molecule has 0 aromatic heterocycles. The molecule has 1 heterocycles. The van der Waals surface area contributed by atoms with Gasteiger partial charge in [-0.3, -0.25) is 9.52 Å². The van der Waals surface area contributed by atoms with E-state index in [1.54, 1.807) is 31.2 Å². The molecule has 1 saturated heterocycles. The second kappa shape index (κ2) is 8.32. The van der Waals surface area contributed by atoms with Crippen LogP contribution in [-0.4, -0.2) is 45.4 Å². The van der Waals surface area contributed by atoms with Gasteiger partial charge in [0.25, 0.3) is 15.9 Å². The summed E-state index contributed by atoms with van der Waals surface area (Å²) in [7, 11) is -1.73. The Morgan fingerprint density at radius 1 is 1.04 bits per heavy atom. The minimum atomic E-state index is -3.80. The maximum absolute atomic E-state index is 12.9. The van der Waals surface area contributed by atoms with E-state index in [1.807, 2.05) is 19.1 Å². The van der Waals surface area contributed by atoms with Crippen molar-refractivity contribution in [3.05, 3.63) is 59.2 Å². The van der Waals surface area contributed by atoms with Crippen LogP contribution in [0.5, 0.6) is 0 Å². The van der Waals surface area contributed by atoms with Crippen LogP contribution >= 0.6 is 0 Å². The number of sulfonamides is 1. The van der Waals surface area contributed by atoms with Crippen molar-refractivity contribution in [3.63, 3.8) is 0 Å². The van der Waals surface area contributed by atoms with Crippen molar-refractivity contribution in [2.75, 3.05) is 24.9 Å². The van der Waals surface area contributed by atoms with Crippen LogP contribution in [0.4, 0.5) is 5.69 Å². The Hall–Kier alpha value is -2.38. The summed E-state index contributed by atoms with van der Waals surface area (Å²) in [5, 5.41) is 3.03. The van der Waals surface area contributed by atoms with Gasteiger partial charge in [-0.05, 0) is 76.2 Å². The summed E-state index contributed by atoms with van der Waals surface area (Å²) in [6.07, 6.45) is 1.79. The van der Waals surface area contributed by atoms with Gasteiger partial charge < -0.3 is 10.2 Å². The Morgan fingerprint density at radius 2 is 1.71 bits per heavy atom. The van der Waals surface area contributed by atoms with E-state index < -0.39 is 10.0 Å². The van der Waals surface area contributed by atoms with Crippen LogP contribution in [0, 0.1) is 13.8 Å². The molecule has 0 bridgehead atoms. The molecule has 28 heavy (non-hydrogen) atoms. The Labute approximate surface area is 167 Å². The topological polar surface area (TPSA) is 78.5 Å². The van der Waals surface area contributed by atoms with Gasteiger partial charge in [0.05, 0.1) is 10.6 Å². The van der Waals surface area contributed by atoms with Gasteiger partial charge in [-0.25, -0.2) is 8.42 Å². The molecule has 0 spiro atoms. The molecule has 1 aliphatic heterocycles. The van der Waals surface area contributed by atoms with E-state index in [-0.39, 0.29) is 16.8 Å². The Bertz CT molecular complexity index is 965. The lowest BCUT2D eigenvalue weighted by atomic mass is 10.0. The number of rotatable bonds is 5. The SMILES string of the molecule is Cc1ccccc1NS(=O)(=O)c1cc(C(=O)NC2CCN(C)CC2)ccc1C. The van der Waals surface area contributed by atoms with Crippen LogP contribution in [0.25, 0.3) is 0 Å². The number of carbonyl (C=O) groups excluding carboxylic acids is 1. The van der Waals surface area contributed by atoms with Crippen molar-refractivity contribution in [1.82, 2.24) is 10.2 Å². The monoisotopic (exact) mass is 401 g/mol. The number of carbonyl (C=O) groups is 1. The summed E-state index contributed by atoms with van der Waals surface area (Å²) in [6.45, 7) is 5.46. The second-order valence-electron chi connectivity index (χ2n) is 7.45. The van der Waals surface area contributed by atoms with Crippen molar-refractivity contribution in [2.45, 2.75) is 37.6 Å². The van der Waals surface area contributed by atoms with Gasteiger partial charge in [0, 0.05) is 11.6 Å². The minimum Gasteiger partial charge on any atom is -0.349 e. The average molecular weight is 402 g/mol. The molecule has 7 heteroatoms. The number of hydrogen-bond acceptors (Lipinski definition) is 4. The molecule has 2 aromatic rings. The molecule has 0 radical (unpaired) electrons. The Morgan fingerprint density at radius 3 is 2.39 bits per heavy atom. The lowest BCUT2D eigenvalue weighted by Crippen LogP contribution is -2.43. The third-order valence-electron chi connectivity index (χ3n) is 5.18. The third-order valence-corrected chi connectivity index (χ3v) is 6.69. The predicted molar refractivity (Wildman–Crippen MR) is 111 cm³/mol. The van der Waals surface area contributed by atoms with Crippen molar-refractivity contribution in [3.8, 4) is 0 Å². The van der Waals surface area contributed by atoms with Crippen LogP contribution in [0.15, 0.2) is 47.4 Å². The van der Waals surface area contributed by atoms with E-state index in [0.29, 0.717) is 16.8 Å². The summed E-state index contributed by atoms with van der Waals surface area (Å²) in [5.41, 5.74) is 2.31. The van der Waals surface area contributed by atoms with E-state index in [1.165, 1.54) is 6.07 Å². The summed E-state index contributed by atoms with van der Waals surface area (Å²) < 4.78 is 28.5. The van der Waals surface area contributed by atoms with Gasteiger partial charge in [0.15, 0.2) is 0 Å². The van der Waals surface area contributed by atoms with Gasteiger partial charge in [-0.15, -0.1) is 0 Å². The maximum atomic E-state index is 12.9. The van der Waals surface area contributed by atoms with Crippen molar-refractivity contribution < 1.29 is 13.2 Å². The number of nitrogens with zero attached hydrogens (tertiary/aromatic N) is 1. The number of anilines is 1. The van der Waals surface area contributed by atoms with E-state index in [9.17, 15) is 13.2 Å².